The molecule has 1 aliphatic rings. The summed E-state index contributed by atoms with van der Waals surface area (Å²) in [7, 11) is 1.70. The van der Waals surface area contributed by atoms with Gasteiger partial charge < -0.3 is 15.0 Å². The van der Waals surface area contributed by atoms with Crippen LogP contribution in [0.15, 0.2) is 42.5 Å². The summed E-state index contributed by atoms with van der Waals surface area (Å²) in [4.78, 5) is 18.2. The number of para-hydroxylation sites is 2. The second kappa shape index (κ2) is 8.15. The molecular formula is C24H25N5OS. The molecule has 1 N–H and O–H groups in total. The zero-order valence-electron chi connectivity index (χ0n) is 18.0. The summed E-state index contributed by atoms with van der Waals surface area (Å²) < 4.78 is 5.40. The third-order valence-corrected chi connectivity index (χ3v) is 6.53. The van der Waals surface area contributed by atoms with E-state index in [-0.39, 0.29) is 0 Å². The van der Waals surface area contributed by atoms with Crippen LogP contribution in [-0.2, 0) is 0 Å². The van der Waals surface area contributed by atoms with Gasteiger partial charge in [-0.05, 0) is 62.6 Å². The fraction of sp³-hybridized carbons (Fsp3) is 0.292. The van der Waals surface area contributed by atoms with Crippen molar-refractivity contribution in [3.05, 3.63) is 52.9 Å². The van der Waals surface area contributed by atoms with Crippen LogP contribution >= 0.6 is 11.3 Å². The summed E-state index contributed by atoms with van der Waals surface area (Å²) in [6, 6.07) is 14.2. The molecule has 5 rings (SSSR count). The first-order valence-corrected chi connectivity index (χ1v) is 11.4. The lowest BCUT2D eigenvalue weighted by atomic mass is 10.1. The van der Waals surface area contributed by atoms with E-state index < -0.39 is 0 Å². The second-order valence-corrected chi connectivity index (χ2v) is 9.02. The Morgan fingerprint density at radius 1 is 0.968 bits per heavy atom. The molecule has 6 nitrogen and oxygen atoms in total. The molecule has 3 heterocycles. The van der Waals surface area contributed by atoms with Crippen molar-refractivity contribution in [2.75, 3.05) is 30.4 Å². The standard InChI is InChI=1S/C24H25N5OS/c1-15-14-17(10-11-20(15)30-3)21-16(2)31-24(27-21)28-22-23(29-12-6-7-13-29)26-19-9-5-4-8-18(19)25-22/h4-5,8-11,14H,6-7,12-13H2,1-3H3,(H,25,27,28). The summed E-state index contributed by atoms with van der Waals surface area (Å²) >= 11 is 1.64. The van der Waals surface area contributed by atoms with Gasteiger partial charge in [-0.1, -0.05) is 12.1 Å². The van der Waals surface area contributed by atoms with Crippen molar-refractivity contribution < 1.29 is 4.74 Å². The maximum atomic E-state index is 5.40. The van der Waals surface area contributed by atoms with Gasteiger partial charge in [0.25, 0.3) is 0 Å². The minimum atomic E-state index is 0.770. The Balaban J connectivity index is 1.52. The van der Waals surface area contributed by atoms with Gasteiger partial charge in [0, 0.05) is 23.5 Å². The van der Waals surface area contributed by atoms with Crippen LogP contribution in [0.1, 0.15) is 23.3 Å². The summed E-state index contributed by atoms with van der Waals surface area (Å²) in [5.74, 6) is 2.56. The molecule has 0 amide bonds. The van der Waals surface area contributed by atoms with E-state index in [0.29, 0.717) is 0 Å². The van der Waals surface area contributed by atoms with Gasteiger partial charge in [-0.2, -0.15) is 0 Å². The highest BCUT2D eigenvalue weighted by molar-refractivity contribution is 7.16. The van der Waals surface area contributed by atoms with E-state index in [1.54, 1.807) is 18.4 Å². The predicted molar refractivity (Wildman–Crippen MR) is 128 cm³/mol. The van der Waals surface area contributed by atoms with Gasteiger partial charge in [0.15, 0.2) is 16.8 Å². The minimum absolute atomic E-state index is 0.770. The van der Waals surface area contributed by atoms with Crippen LogP contribution in [0.2, 0.25) is 0 Å². The first-order chi connectivity index (χ1) is 15.1. The fourth-order valence-electron chi connectivity index (χ4n) is 4.07. The lowest BCUT2D eigenvalue weighted by molar-refractivity contribution is 0.412. The van der Waals surface area contributed by atoms with E-state index in [2.05, 4.69) is 36.2 Å². The number of aryl methyl sites for hydroxylation is 2. The molecule has 2 aromatic carbocycles. The van der Waals surface area contributed by atoms with Crippen molar-refractivity contribution in [1.82, 2.24) is 15.0 Å². The Hall–Kier alpha value is -3.19. The quantitative estimate of drug-likeness (QED) is 0.436. The van der Waals surface area contributed by atoms with Crippen LogP contribution in [0, 0.1) is 13.8 Å². The van der Waals surface area contributed by atoms with E-state index in [1.165, 1.54) is 12.8 Å². The van der Waals surface area contributed by atoms with E-state index in [0.717, 1.165) is 68.3 Å². The van der Waals surface area contributed by atoms with E-state index >= 15 is 0 Å². The van der Waals surface area contributed by atoms with Gasteiger partial charge in [-0.15, -0.1) is 11.3 Å². The number of nitrogens with one attached hydrogen (secondary N) is 1. The van der Waals surface area contributed by atoms with Crippen molar-refractivity contribution >= 4 is 39.1 Å². The average Bonchev–Trinajstić information content (AvgIpc) is 3.43. The second-order valence-electron chi connectivity index (χ2n) is 7.81. The van der Waals surface area contributed by atoms with E-state index in [1.807, 2.05) is 30.3 Å². The fourth-order valence-corrected chi connectivity index (χ4v) is 4.90. The lowest BCUT2D eigenvalue weighted by Crippen LogP contribution is -2.21. The van der Waals surface area contributed by atoms with E-state index in [9.17, 15) is 0 Å². The third-order valence-electron chi connectivity index (χ3n) is 5.65. The monoisotopic (exact) mass is 431 g/mol. The van der Waals surface area contributed by atoms with Crippen LogP contribution in [0.5, 0.6) is 5.75 Å². The Morgan fingerprint density at radius 2 is 1.71 bits per heavy atom. The third kappa shape index (κ3) is 3.81. The molecule has 1 aliphatic heterocycles. The van der Waals surface area contributed by atoms with Crippen molar-refractivity contribution in [1.29, 1.82) is 0 Å². The molecule has 0 unspecified atom stereocenters. The molecule has 0 radical (unpaired) electrons. The van der Waals surface area contributed by atoms with Crippen molar-refractivity contribution in [2.24, 2.45) is 0 Å². The number of hydrogen-bond acceptors (Lipinski definition) is 7. The number of fused-ring (bicyclic) bond motifs is 1. The predicted octanol–water partition coefficient (Wildman–Crippen LogP) is 5.72. The zero-order chi connectivity index (χ0) is 21.4. The number of aromatic nitrogens is 3. The molecule has 0 spiro atoms. The smallest absolute Gasteiger partial charge is 0.189 e. The van der Waals surface area contributed by atoms with Crippen LogP contribution < -0.4 is 15.0 Å². The Morgan fingerprint density at radius 3 is 2.42 bits per heavy atom. The van der Waals surface area contributed by atoms with E-state index in [4.69, 9.17) is 19.7 Å². The average molecular weight is 432 g/mol. The van der Waals surface area contributed by atoms with Crippen LogP contribution in [0.4, 0.5) is 16.8 Å². The van der Waals surface area contributed by atoms with Gasteiger partial charge in [-0.25, -0.2) is 15.0 Å². The summed E-state index contributed by atoms with van der Waals surface area (Å²) in [6.45, 7) is 6.17. The number of rotatable bonds is 5. The van der Waals surface area contributed by atoms with Crippen LogP contribution in [-0.4, -0.2) is 35.2 Å². The van der Waals surface area contributed by atoms with Crippen LogP contribution in [0.25, 0.3) is 22.3 Å². The maximum absolute atomic E-state index is 5.40. The van der Waals surface area contributed by atoms with Gasteiger partial charge in [0.1, 0.15) is 5.75 Å². The van der Waals surface area contributed by atoms with Gasteiger partial charge in [0.05, 0.1) is 23.8 Å². The number of anilines is 3. The topological polar surface area (TPSA) is 63.2 Å². The molecule has 1 fully saturated rings. The molecule has 0 aliphatic carbocycles. The van der Waals surface area contributed by atoms with Gasteiger partial charge >= 0.3 is 0 Å². The summed E-state index contributed by atoms with van der Waals surface area (Å²) in [5, 5.41) is 4.30. The molecular weight excluding hydrogens is 406 g/mol. The molecule has 0 atom stereocenters. The maximum Gasteiger partial charge on any atom is 0.189 e. The Kier molecular flexibility index (Phi) is 5.19. The molecule has 158 valence electrons. The minimum Gasteiger partial charge on any atom is -0.496 e. The van der Waals surface area contributed by atoms with Gasteiger partial charge in [-0.3, -0.25) is 0 Å². The van der Waals surface area contributed by atoms with Gasteiger partial charge in [0.2, 0.25) is 0 Å². The Bertz CT molecular complexity index is 1250. The van der Waals surface area contributed by atoms with Crippen LogP contribution in [0.3, 0.4) is 0 Å². The molecule has 2 aromatic heterocycles. The summed E-state index contributed by atoms with van der Waals surface area (Å²) in [5.41, 5.74) is 4.96. The highest BCUT2D eigenvalue weighted by atomic mass is 32.1. The molecule has 31 heavy (non-hydrogen) atoms. The SMILES string of the molecule is COc1ccc(-c2nc(Nc3nc4ccccc4nc3N3CCCC3)sc2C)cc1C. The molecule has 0 bridgehead atoms. The van der Waals surface area contributed by atoms with Crippen molar-refractivity contribution in [2.45, 2.75) is 26.7 Å². The largest absolute Gasteiger partial charge is 0.496 e. The molecule has 1 saturated heterocycles. The first kappa shape index (κ1) is 19.8. The highest BCUT2D eigenvalue weighted by Crippen LogP contribution is 2.36. The number of benzene rings is 2. The first-order valence-electron chi connectivity index (χ1n) is 10.5. The Labute approximate surface area is 185 Å². The summed E-state index contributed by atoms with van der Waals surface area (Å²) in [6.07, 6.45) is 2.37. The highest BCUT2D eigenvalue weighted by Gasteiger charge is 2.21. The molecule has 7 heteroatoms. The number of hydrogen-bond donors (Lipinski definition) is 1. The van der Waals surface area contributed by atoms with Crippen molar-refractivity contribution in [3.63, 3.8) is 0 Å². The zero-order valence-corrected chi connectivity index (χ0v) is 18.8. The molecule has 4 aromatic rings. The number of nitrogens with zero attached hydrogens (tertiary/aromatic N) is 4. The normalized spacial score (nSPS) is 13.7. The molecule has 0 saturated carbocycles. The number of thiazole rings is 1. The van der Waals surface area contributed by atoms with Crippen molar-refractivity contribution in [3.8, 4) is 17.0 Å². The number of ether oxygens (including phenoxy) is 1. The lowest BCUT2D eigenvalue weighted by Gasteiger charge is -2.20. The number of methoxy groups -OCH3 is 1.